The van der Waals surface area contributed by atoms with Gasteiger partial charge in [0.25, 0.3) is 0 Å². The first-order chi connectivity index (χ1) is 17.0. The summed E-state index contributed by atoms with van der Waals surface area (Å²) in [6, 6.07) is 16.0. The van der Waals surface area contributed by atoms with Crippen LogP contribution in [-0.4, -0.2) is 31.4 Å². The number of nitrogens with zero attached hydrogens (tertiary/aromatic N) is 4. The number of carbonyl (C=O) groups excluding carboxylic acids is 1. The van der Waals surface area contributed by atoms with Gasteiger partial charge in [-0.05, 0) is 50.1 Å². The second-order valence-electron chi connectivity index (χ2n) is 7.72. The van der Waals surface area contributed by atoms with E-state index in [1.165, 1.54) is 28.7 Å². The Bertz CT molecular complexity index is 1270. The van der Waals surface area contributed by atoms with Crippen LogP contribution in [0.1, 0.15) is 38.3 Å². The van der Waals surface area contributed by atoms with Crippen LogP contribution in [0, 0.1) is 0 Å². The number of nitrogens with one attached hydrogen (secondary N) is 1. The maximum atomic E-state index is 12.6. The lowest BCUT2D eigenvalue weighted by Gasteiger charge is -2.15. The van der Waals surface area contributed by atoms with Crippen LogP contribution in [0.4, 0.5) is 5.13 Å². The molecule has 35 heavy (non-hydrogen) atoms. The number of amides is 1. The first-order valence-corrected chi connectivity index (χ1v) is 14.0. The highest BCUT2D eigenvalue weighted by Crippen LogP contribution is 2.27. The number of anilines is 1. The second kappa shape index (κ2) is 11.8. The van der Waals surface area contributed by atoms with Crippen molar-refractivity contribution in [2.75, 3.05) is 11.1 Å². The molecule has 1 N–H and O–H groups in total. The van der Waals surface area contributed by atoms with Crippen LogP contribution in [0.2, 0.25) is 0 Å². The molecule has 0 saturated carbocycles. The SMILES string of the molecule is CCc1ccc(O[C@H](C)c2nnc(SCC(=O)Nc3nc(-c4ccc(Br)cc4)cs3)n2CC)cc1. The summed E-state index contributed by atoms with van der Waals surface area (Å²) in [5.74, 6) is 1.59. The molecule has 0 aliphatic rings. The van der Waals surface area contributed by atoms with Crippen molar-refractivity contribution >= 4 is 50.1 Å². The fourth-order valence-corrected chi connectivity index (χ4v) is 5.24. The summed E-state index contributed by atoms with van der Waals surface area (Å²) in [6.45, 7) is 6.78. The van der Waals surface area contributed by atoms with Crippen LogP contribution in [0.15, 0.2) is 63.5 Å². The molecular weight excluding hydrogens is 546 g/mol. The van der Waals surface area contributed by atoms with Crippen LogP contribution in [0.5, 0.6) is 5.75 Å². The molecule has 182 valence electrons. The predicted molar refractivity (Wildman–Crippen MR) is 145 cm³/mol. The van der Waals surface area contributed by atoms with E-state index in [0.717, 1.165) is 33.7 Å². The van der Waals surface area contributed by atoms with Gasteiger partial charge in [-0.2, -0.15) is 0 Å². The highest BCUT2D eigenvalue weighted by Gasteiger charge is 2.20. The lowest BCUT2D eigenvalue weighted by Crippen LogP contribution is -2.15. The highest BCUT2D eigenvalue weighted by atomic mass is 79.9. The summed E-state index contributed by atoms with van der Waals surface area (Å²) in [5.41, 5.74) is 3.10. The van der Waals surface area contributed by atoms with Gasteiger partial charge in [-0.1, -0.05) is 58.9 Å². The van der Waals surface area contributed by atoms with E-state index in [4.69, 9.17) is 4.74 Å². The molecule has 7 nitrogen and oxygen atoms in total. The number of thiazole rings is 1. The monoisotopic (exact) mass is 571 g/mol. The molecule has 0 unspecified atom stereocenters. The third kappa shape index (κ3) is 6.50. The molecule has 2 aromatic carbocycles. The van der Waals surface area contributed by atoms with Crippen molar-refractivity contribution in [3.63, 3.8) is 0 Å². The maximum absolute atomic E-state index is 12.6. The molecule has 0 aliphatic carbocycles. The van der Waals surface area contributed by atoms with E-state index in [9.17, 15) is 4.79 Å². The van der Waals surface area contributed by atoms with Gasteiger partial charge in [0.1, 0.15) is 5.75 Å². The zero-order valence-electron chi connectivity index (χ0n) is 19.7. The first-order valence-electron chi connectivity index (χ1n) is 11.3. The zero-order chi connectivity index (χ0) is 24.8. The largest absolute Gasteiger partial charge is 0.483 e. The molecular formula is C25H26BrN5O2S2. The molecule has 1 atom stereocenters. The summed E-state index contributed by atoms with van der Waals surface area (Å²) in [4.78, 5) is 17.1. The Labute approximate surface area is 221 Å². The Morgan fingerprint density at radius 1 is 1.14 bits per heavy atom. The topological polar surface area (TPSA) is 81.9 Å². The fourth-order valence-electron chi connectivity index (χ4n) is 3.44. The summed E-state index contributed by atoms with van der Waals surface area (Å²) < 4.78 is 9.08. The predicted octanol–water partition coefficient (Wildman–Crippen LogP) is 6.62. The van der Waals surface area contributed by atoms with Crippen LogP contribution < -0.4 is 10.1 Å². The van der Waals surface area contributed by atoms with E-state index in [2.05, 4.69) is 55.5 Å². The smallest absolute Gasteiger partial charge is 0.236 e. The number of hydrogen-bond acceptors (Lipinski definition) is 7. The number of benzene rings is 2. The van der Waals surface area contributed by atoms with Crippen molar-refractivity contribution in [1.82, 2.24) is 19.7 Å². The second-order valence-corrected chi connectivity index (χ2v) is 10.4. The summed E-state index contributed by atoms with van der Waals surface area (Å²) in [5, 5.41) is 14.7. The quantitative estimate of drug-likeness (QED) is 0.215. The molecule has 4 aromatic rings. The van der Waals surface area contributed by atoms with E-state index < -0.39 is 0 Å². The van der Waals surface area contributed by atoms with Gasteiger partial charge in [-0.25, -0.2) is 4.98 Å². The Hall–Kier alpha value is -2.69. The molecule has 0 radical (unpaired) electrons. The normalized spacial score (nSPS) is 11.9. The average Bonchev–Trinajstić information content (AvgIpc) is 3.50. The number of thioether (sulfide) groups is 1. The zero-order valence-corrected chi connectivity index (χ0v) is 22.9. The van der Waals surface area contributed by atoms with Gasteiger partial charge in [0.15, 0.2) is 22.2 Å². The van der Waals surface area contributed by atoms with E-state index in [0.29, 0.717) is 16.8 Å². The minimum atomic E-state index is -0.273. The molecule has 0 aliphatic heterocycles. The maximum Gasteiger partial charge on any atom is 0.236 e. The van der Waals surface area contributed by atoms with Crippen LogP contribution in [0.25, 0.3) is 11.3 Å². The third-order valence-electron chi connectivity index (χ3n) is 5.29. The molecule has 1 amide bonds. The van der Waals surface area contributed by atoms with Gasteiger partial charge in [0.2, 0.25) is 5.91 Å². The Morgan fingerprint density at radius 2 is 1.89 bits per heavy atom. The van der Waals surface area contributed by atoms with E-state index in [-0.39, 0.29) is 17.8 Å². The van der Waals surface area contributed by atoms with Gasteiger partial charge in [-0.3, -0.25) is 4.79 Å². The average molecular weight is 573 g/mol. The van der Waals surface area contributed by atoms with E-state index in [1.807, 2.05) is 60.2 Å². The Morgan fingerprint density at radius 3 is 2.57 bits per heavy atom. The van der Waals surface area contributed by atoms with Gasteiger partial charge in [-0.15, -0.1) is 21.5 Å². The number of carbonyl (C=O) groups is 1. The Kier molecular flexibility index (Phi) is 8.59. The van der Waals surface area contributed by atoms with Crippen molar-refractivity contribution in [2.45, 2.75) is 45.0 Å². The van der Waals surface area contributed by atoms with Crippen LogP contribution in [-0.2, 0) is 17.8 Å². The lowest BCUT2D eigenvalue weighted by atomic mass is 10.2. The summed E-state index contributed by atoms with van der Waals surface area (Å²) >= 11 is 6.19. The van der Waals surface area contributed by atoms with Crippen molar-refractivity contribution in [2.24, 2.45) is 0 Å². The first kappa shape index (κ1) is 25.4. The van der Waals surface area contributed by atoms with Gasteiger partial charge >= 0.3 is 0 Å². The number of hydrogen-bond donors (Lipinski definition) is 1. The van der Waals surface area contributed by atoms with Crippen molar-refractivity contribution < 1.29 is 9.53 Å². The number of halogens is 1. The molecule has 0 fully saturated rings. The minimum absolute atomic E-state index is 0.140. The fraction of sp³-hybridized carbons (Fsp3) is 0.280. The number of rotatable bonds is 10. The van der Waals surface area contributed by atoms with E-state index in [1.54, 1.807) is 0 Å². The molecule has 2 heterocycles. The molecule has 0 bridgehead atoms. The van der Waals surface area contributed by atoms with E-state index >= 15 is 0 Å². The van der Waals surface area contributed by atoms with Crippen molar-refractivity contribution in [1.29, 1.82) is 0 Å². The summed E-state index contributed by atoms with van der Waals surface area (Å²) in [7, 11) is 0. The van der Waals surface area contributed by atoms with Gasteiger partial charge in [0.05, 0.1) is 11.4 Å². The standard InChI is InChI=1S/C25H26BrN5O2S2/c1-4-17-6-12-20(13-7-17)33-16(3)23-29-30-25(31(23)5-2)35-15-22(32)28-24-27-21(14-34-24)18-8-10-19(26)11-9-18/h6-14,16H,4-5,15H2,1-3H3,(H,27,28,32)/t16-/m1/s1. The Balaban J connectivity index is 1.34. The van der Waals surface area contributed by atoms with Crippen LogP contribution >= 0.6 is 39.0 Å². The number of ether oxygens (including phenoxy) is 1. The molecule has 0 saturated heterocycles. The summed E-state index contributed by atoms with van der Waals surface area (Å²) in [6.07, 6.45) is 0.716. The molecule has 10 heteroatoms. The van der Waals surface area contributed by atoms with Gasteiger partial charge in [0, 0.05) is 22.0 Å². The van der Waals surface area contributed by atoms with Crippen molar-refractivity contribution in [3.8, 4) is 17.0 Å². The highest BCUT2D eigenvalue weighted by molar-refractivity contribution is 9.10. The van der Waals surface area contributed by atoms with Gasteiger partial charge < -0.3 is 14.6 Å². The minimum Gasteiger partial charge on any atom is -0.483 e. The third-order valence-corrected chi connectivity index (χ3v) is 7.55. The molecule has 2 aromatic heterocycles. The van der Waals surface area contributed by atoms with Crippen molar-refractivity contribution in [3.05, 3.63) is 69.8 Å². The lowest BCUT2D eigenvalue weighted by molar-refractivity contribution is -0.113. The molecule has 4 rings (SSSR count). The van der Waals surface area contributed by atoms with Crippen LogP contribution in [0.3, 0.4) is 0 Å². The number of aromatic nitrogens is 4. The molecule has 0 spiro atoms. The number of aryl methyl sites for hydroxylation is 1.